The van der Waals surface area contributed by atoms with E-state index in [4.69, 9.17) is 11.6 Å². The van der Waals surface area contributed by atoms with Crippen molar-refractivity contribution in [3.8, 4) is 0 Å². The van der Waals surface area contributed by atoms with Gasteiger partial charge in [-0.1, -0.05) is 72.3 Å². The highest BCUT2D eigenvalue weighted by Crippen LogP contribution is 2.19. The van der Waals surface area contributed by atoms with Gasteiger partial charge < -0.3 is 4.90 Å². The summed E-state index contributed by atoms with van der Waals surface area (Å²) in [6, 6.07) is 24.7. The van der Waals surface area contributed by atoms with Crippen LogP contribution in [0.25, 0.3) is 0 Å². The lowest BCUT2D eigenvalue weighted by atomic mass is 10.1. The SMILES string of the molecule is Clc1ccc(N(Cc2ccccc2)Cc2ccccc2)nc1. The minimum absolute atomic E-state index is 0.656. The van der Waals surface area contributed by atoms with E-state index in [1.54, 1.807) is 6.20 Å². The van der Waals surface area contributed by atoms with Gasteiger partial charge in [0.1, 0.15) is 5.82 Å². The van der Waals surface area contributed by atoms with Gasteiger partial charge in [0.15, 0.2) is 0 Å². The summed E-state index contributed by atoms with van der Waals surface area (Å²) in [5.41, 5.74) is 2.52. The van der Waals surface area contributed by atoms with Crippen LogP contribution in [0.2, 0.25) is 5.02 Å². The molecule has 0 atom stereocenters. The summed E-state index contributed by atoms with van der Waals surface area (Å²) in [7, 11) is 0. The molecule has 0 radical (unpaired) electrons. The van der Waals surface area contributed by atoms with Crippen LogP contribution in [-0.4, -0.2) is 4.98 Å². The molecule has 0 N–H and O–H groups in total. The first-order valence-electron chi connectivity index (χ1n) is 7.25. The molecule has 0 fully saturated rings. The average Bonchev–Trinajstić information content (AvgIpc) is 2.57. The van der Waals surface area contributed by atoms with Crippen LogP contribution >= 0.6 is 11.6 Å². The van der Waals surface area contributed by atoms with Gasteiger partial charge in [0.05, 0.1) is 5.02 Å². The molecule has 0 amide bonds. The fraction of sp³-hybridized carbons (Fsp3) is 0.105. The number of halogens is 1. The van der Waals surface area contributed by atoms with Gasteiger partial charge in [-0.2, -0.15) is 0 Å². The Kier molecular flexibility index (Phi) is 4.71. The number of pyridine rings is 1. The molecule has 0 aliphatic carbocycles. The second kappa shape index (κ2) is 7.10. The number of hydrogen-bond acceptors (Lipinski definition) is 2. The summed E-state index contributed by atoms with van der Waals surface area (Å²) >= 11 is 5.96. The Morgan fingerprint density at radius 3 is 1.73 bits per heavy atom. The Bertz CT molecular complexity index is 655. The summed E-state index contributed by atoms with van der Waals surface area (Å²) in [4.78, 5) is 6.72. The highest BCUT2D eigenvalue weighted by molar-refractivity contribution is 6.30. The monoisotopic (exact) mass is 308 g/mol. The maximum Gasteiger partial charge on any atom is 0.129 e. The van der Waals surface area contributed by atoms with Gasteiger partial charge in [0.25, 0.3) is 0 Å². The molecule has 22 heavy (non-hydrogen) atoms. The first-order chi connectivity index (χ1) is 10.8. The summed E-state index contributed by atoms with van der Waals surface area (Å²) in [6.07, 6.45) is 1.69. The largest absolute Gasteiger partial charge is 0.348 e. The zero-order valence-corrected chi connectivity index (χ0v) is 12.9. The lowest BCUT2D eigenvalue weighted by Gasteiger charge is -2.24. The van der Waals surface area contributed by atoms with Crippen molar-refractivity contribution in [2.45, 2.75) is 13.1 Å². The van der Waals surface area contributed by atoms with E-state index in [1.165, 1.54) is 11.1 Å². The molecule has 0 bridgehead atoms. The fourth-order valence-corrected chi connectivity index (χ4v) is 2.49. The third-order valence-electron chi connectivity index (χ3n) is 3.47. The number of benzene rings is 2. The topological polar surface area (TPSA) is 16.1 Å². The minimum Gasteiger partial charge on any atom is -0.348 e. The van der Waals surface area contributed by atoms with Gasteiger partial charge in [0, 0.05) is 19.3 Å². The first-order valence-corrected chi connectivity index (χ1v) is 7.63. The number of hydrogen-bond donors (Lipinski definition) is 0. The van der Waals surface area contributed by atoms with Gasteiger partial charge in [-0.15, -0.1) is 0 Å². The second-order valence-electron chi connectivity index (χ2n) is 5.16. The van der Waals surface area contributed by atoms with Crippen LogP contribution in [0, 0.1) is 0 Å². The van der Waals surface area contributed by atoms with Gasteiger partial charge >= 0.3 is 0 Å². The van der Waals surface area contributed by atoms with Crippen molar-refractivity contribution < 1.29 is 0 Å². The highest BCUT2D eigenvalue weighted by Gasteiger charge is 2.09. The number of nitrogens with zero attached hydrogens (tertiary/aromatic N) is 2. The molecule has 1 aromatic heterocycles. The van der Waals surface area contributed by atoms with Crippen molar-refractivity contribution >= 4 is 17.4 Å². The molecular formula is C19H17ClN2. The van der Waals surface area contributed by atoms with Crippen molar-refractivity contribution in [1.82, 2.24) is 4.98 Å². The molecule has 110 valence electrons. The smallest absolute Gasteiger partial charge is 0.129 e. The highest BCUT2D eigenvalue weighted by atomic mass is 35.5. The van der Waals surface area contributed by atoms with Gasteiger partial charge in [-0.25, -0.2) is 4.98 Å². The Balaban J connectivity index is 1.86. The van der Waals surface area contributed by atoms with E-state index in [-0.39, 0.29) is 0 Å². The van der Waals surface area contributed by atoms with E-state index in [1.807, 2.05) is 24.3 Å². The van der Waals surface area contributed by atoms with E-state index >= 15 is 0 Å². The molecule has 0 saturated heterocycles. The summed E-state index contributed by atoms with van der Waals surface area (Å²) in [5, 5.41) is 0.656. The van der Waals surface area contributed by atoms with Crippen LogP contribution in [0.1, 0.15) is 11.1 Å². The maximum absolute atomic E-state index is 5.96. The van der Waals surface area contributed by atoms with Crippen molar-refractivity contribution in [3.05, 3.63) is 95.1 Å². The molecule has 2 aromatic carbocycles. The van der Waals surface area contributed by atoms with Crippen molar-refractivity contribution in [3.63, 3.8) is 0 Å². The molecule has 0 unspecified atom stereocenters. The standard InChI is InChI=1S/C19H17ClN2/c20-18-11-12-19(21-13-18)22(14-16-7-3-1-4-8-16)15-17-9-5-2-6-10-17/h1-13H,14-15H2. The molecule has 0 spiro atoms. The molecule has 2 nitrogen and oxygen atoms in total. The van der Waals surface area contributed by atoms with Crippen molar-refractivity contribution in [2.75, 3.05) is 4.90 Å². The fourth-order valence-electron chi connectivity index (χ4n) is 2.38. The van der Waals surface area contributed by atoms with Gasteiger partial charge in [-0.3, -0.25) is 0 Å². The summed E-state index contributed by atoms with van der Waals surface area (Å²) in [5.74, 6) is 0.928. The predicted molar refractivity (Wildman–Crippen MR) is 92.0 cm³/mol. The van der Waals surface area contributed by atoms with Crippen LogP contribution in [0.15, 0.2) is 79.0 Å². The Labute approximate surface area is 136 Å². The van der Waals surface area contributed by atoms with Crippen molar-refractivity contribution in [1.29, 1.82) is 0 Å². The Morgan fingerprint density at radius 2 is 1.27 bits per heavy atom. The first kappa shape index (κ1) is 14.6. The van der Waals surface area contributed by atoms with Crippen LogP contribution in [0.3, 0.4) is 0 Å². The minimum atomic E-state index is 0.656. The van der Waals surface area contributed by atoms with E-state index in [0.717, 1.165) is 18.9 Å². The quantitative estimate of drug-likeness (QED) is 0.663. The number of aromatic nitrogens is 1. The lowest BCUT2D eigenvalue weighted by Crippen LogP contribution is -2.23. The third kappa shape index (κ3) is 3.86. The molecule has 0 saturated carbocycles. The van der Waals surface area contributed by atoms with Crippen LogP contribution in [0.5, 0.6) is 0 Å². The summed E-state index contributed by atoms with van der Waals surface area (Å²) in [6.45, 7) is 1.62. The second-order valence-corrected chi connectivity index (χ2v) is 5.60. The van der Waals surface area contributed by atoms with E-state index < -0.39 is 0 Å². The molecule has 3 heteroatoms. The third-order valence-corrected chi connectivity index (χ3v) is 3.69. The van der Waals surface area contributed by atoms with Crippen LogP contribution in [0.4, 0.5) is 5.82 Å². The number of rotatable bonds is 5. The molecule has 3 rings (SSSR count). The zero-order chi connectivity index (χ0) is 15.2. The average molecular weight is 309 g/mol. The van der Waals surface area contributed by atoms with Gasteiger partial charge in [-0.05, 0) is 23.3 Å². The van der Waals surface area contributed by atoms with E-state index in [2.05, 4.69) is 58.4 Å². The lowest BCUT2D eigenvalue weighted by molar-refractivity contribution is 0.783. The van der Waals surface area contributed by atoms with Crippen LogP contribution < -0.4 is 4.90 Å². The van der Waals surface area contributed by atoms with Gasteiger partial charge in [0.2, 0.25) is 0 Å². The zero-order valence-electron chi connectivity index (χ0n) is 12.2. The Morgan fingerprint density at radius 1 is 0.727 bits per heavy atom. The van der Waals surface area contributed by atoms with E-state index in [9.17, 15) is 0 Å². The van der Waals surface area contributed by atoms with Crippen LogP contribution in [-0.2, 0) is 13.1 Å². The van der Waals surface area contributed by atoms with E-state index in [0.29, 0.717) is 5.02 Å². The molecule has 1 heterocycles. The molecule has 0 aliphatic heterocycles. The molecule has 3 aromatic rings. The molecular weight excluding hydrogens is 292 g/mol. The predicted octanol–water partition coefficient (Wildman–Crippen LogP) is 4.94. The summed E-state index contributed by atoms with van der Waals surface area (Å²) < 4.78 is 0. The maximum atomic E-state index is 5.96. The van der Waals surface area contributed by atoms with Crippen molar-refractivity contribution in [2.24, 2.45) is 0 Å². The number of anilines is 1. The Hall–Kier alpha value is -2.32. The normalized spacial score (nSPS) is 10.4. The molecule has 0 aliphatic rings.